The highest BCUT2D eigenvalue weighted by Crippen LogP contribution is 2.08. The molecule has 1 aliphatic rings. The van der Waals surface area contributed by atoms with Crippen molar-refractivity contribution in [2.45, 2.75) is 45.2 Å². The first-order chi connectivity index (χ1) is 9.93. The largest absolute Gasteiger partial charge is 0.345 e. The predicted molar refractivity (Wildman–Crippen MR) is 75.3 cm³/mol. The molecule has 1 saturated heterocycles. The van der Waals surface area contributed by atoms with Crippen LogP contribution in [0, 0.1) is 5.92 Å². The molecule has 0 spiro atoms. The zero-order chi connectivity index (χ0) is 15.8. The molecule has 0 aromatic heterocycles. The Morgan fingerprint density at radius 3 is 2.57 bits per heavy atom. The first-order valence-electron chi connectivity index (χ1n) is 7.18. The van der Waals surface area contributed by atoms with E-state index in [0.29, 0.717) is 6.42 Å². The van der Waals surface area contributed by atoms with E-state index >= 15 is 0 Å². The molecule has 0 aromatic carbocycles. The fraction of sp³-hybridized carbons (Fsp3) is 0.769. The van der Waals surface area contributed by atoms with E-state index in [4.69, 9.17) is 5.21 Å². The van der Waals surface area contributed by atoms with Gasteiger partial charge in [0.25, 0.3) is 5.91 Å². The lowest BCUT2D eigenvalue weighted by Crippen LogP contribution is -2.52. The molecule has 5 N–H and O–H groups in total. The van der Waals surface area contributed by atoms with Gasteiger partial charge in [-0.3, -0.25) is 19.6 Å². The maximum Gasteiger partial charge on any atom is 0.262 e. The molecule has 1 aliphatic heterocycles. The molecule has 8 heteroatoms. The number of nitrogens with one attached hydrogen (secondary N) is 4. The molecule has 2 atom stereocenters. The average molecular weight is 300 g/mol. The van der Waals surface area contributed by atoms with Crippen LogP contribution >= 0.6 is 0 Å². The standard InChI is InChI=1S/C13H24N4O4/c1-8(2)6-10(12(19)15-7-11(18)17-21)16-13(20)9-4-3-5-14-9/h8-10,14,21H,3-7H2,1-2H3,(H,15,19)(H,16,20)(H,17,18)/t9-,10-/m1/s1. The van der Waals surface area contributed by atoms with E-state index in [0.717, 1.165) is 19.4 Å². The highest BCUT2D eigenvalue weighted by atomic mass is 16.5. The van der Waals surface area contributed by atoms with E-state index in [1.54, 1.807) is 0 Å². The van der Waals surface area contributed by atoms with Gasteiger partial charge in [0.2, 0.25) is 11.8 Å². The van der Waals surface area contributed by atoms with Crippen molar-refractivity contribution < 1.29 is 19.6 Å². The summed E-state index contributed by atoms with van der Waals surface area (Å²) in [7, 11) is 0. The molecule has 120 valence electrons. The molecular weight excluding hydrogens is 276 g/mol. The highest BCUT2D eigenvalue weighted by molar-refractivity contribution is 5.91. The molecule has 0 radical (unpaired) electrons. The minimum atomic E-state index is -0.713. The molecule has 1 heterocycles. The molecule has 0 aliphatic carbocycles. The maximum absolute atomic E-state index is 12.1. The number of hydrogen-bond acceptors (Lipinski definition) is 5. The average Bonchev–Trinajstić information content (AvgIpc) is 2.97. The van der Waals surface area contributed by atoms with E-state index in [2.05, 4.69) is 16.0 Å². The Balaban J connectivity index is 2.55. The number of hydrogen-bond donors (Lipinski definition) is 5. The molecule has 3 amide bonds. The third kappa shape index (κ3) is 6.09. The molecule has 1 fully saturated rings. The van der Waals surface area contributed by atoms with Gasteiger partial charge in [-0.05, 0) is 31.7 Å². The van der Waals surface area contributed by atoms with E-state index in [9.17, 15) is 14.4 Å². The van der Waals surface area contributed by atoms with E-state index in [-0.39, 0.29) is 24.4 Å². The van der Waals surface area contributed by atoms with Gasteiger partial charge >= 0.3 is 0 Å². The van der Waals surface area contributed by atoms with E-state index in [1.807, 2.05) is 13.8 Å². The SMILES string of the molecule is CC(C)C[C@@H](NC(=O)[C@H]1CCCN1)C(=O)NCC(=O)NO. The fourth-order valence-electron chi connectivity index (χ4n) is 2.21. The number of rotatable bonds is 7. The van der Waals surface area contributed by atoms with Gasteiger partial charge in [-0.15, -0.1) is 0 Å². The minimum absolute atomic E-state index is 0.195. The number of hydroxylamine groups is 1. The van der Waals surface area contributed by atoms with Crippen LogP contribution in [-0.4, -0.2) is 48.1 Å². The van der Waals surface area contributed by atoms with Crippen LogP contribution in [0.3, 0.4) is 0 Å². The second kappa shape index (κ2) is 8.58. The second-order valence-corrected chi connectivity index (χ2v) is 5.59. The summed E-state index contributed by atoms with van der Waals surface area (Å²) in [5.74, 6) is -1.13. The molecule has 0 saturated carbocycles. The summed E-state index contributed by atoms with van der Waals surface area (Å²) < 4.78 is 0. The van der Waals surface area contributed by atoms with Gasteiger partial charge in [-0.2, -0.15) is 0 Å². The molecule has 8 nitrogen and oxygen atoms in total. The summed E-state index contributed by atoms with van der Waals surface area (Å²) >= 11 is 0. The van der Waals surface area contributed by atoms with Gasteiger partial charge in [0.05, 0.1) is 12.6 Å². The molecule has 0 unspecified atom stereocenters. The molecule has 0 bridgehead atoms. The number of carbonyl (C=O) groups excluding carboxylic acids is 3. The monoisotopic (exact) mass is 300 g/mol. The van der Waals surface area contributed by atoms with Crippen molar-refractivity contribution in [1.82, 2.24) is 21.4 Å². The summed E-state index contributed by atoms with van der Waals surface area (Å²) in [5, 5.41) is 16.6. The second-order valence-electron chi connectivity index (χ2n) is 5.59. The topological polar surface area (TPSA) is 120 Å². The third-order valence-electron chi connectivity index (χ3n) is 3.26. The van der Waals surface area contributed by atoms with Crippen LogP contribution in [-0.2, 0) is 14.4 Å². The number of carbonyl (C=O) groups is 3. The summed E-state index contributed by atoms with van der Waals surface area (Å²) in [6, 6.07) is -0.945. The van der Waals surface area contributed by atoms with Crippen LogP contribution < -0.4 is 21.4 Å². The van der Waals surface area contributed by atoms with Crippen LogP contribution in [0.5, 0.6) is 0 Å². The van der Waals surface area contributed by atoms with Gasteiger partial charge in [-0.25, -0.2) is 5.48 Å². The summed E-state index contributed by atoms with van der Waals surface area (Å²) in [6.07, 6.45) is 2.18. The summed E-state index contributed by atoms with van der Waals surface area (Å²) in [6.45, 7) is 4.36. The van der Waals surface area contributed by atoms with Crippen molar-refractivity contribution in [3.05, 3.63) is 0 Å². The molecule has 1 rings (SSSR count). The summed E-state index contributed by atoms with van der Waals surface area (Å²) in [4.78, 5) is 35.0. The van der Waals surface area contributed by atoms with Gasteiger partial charge in [0.1, 0.15) is 6.04 Å². The molecule has 0 aromatic rings. The zero-order valence-electron chi connectivity index (χ0n) is 12.4. The number of amides is 3. The fourth-order valence-corrected chi connectivity index (χ4v) is 2.21. The normalized spacial score (nSPS) is 19.1. The Morgan fingerprint density at radius 2 is 2.05 bits per heavy atom. The predicted octanol–water partition coefficient (Wildman–Crippen LogP) is -1.11. The Morgan fingerprint density at radius 1 is 1.33 bits per heavy atom. The lowest BCUT2D eigenvalue weighted by molar-refractivity contribution is -0.133. The first-order valence-corrected chi connectivity index (χ1v) is 7.18. The zero-order valence-corrected chi connectivity index (χ0v) is 12.4. The lowest BCUT2D eigenvalue weighted by Gasteiger charge is -2.21. The van der Waals surface area contributed by atoms with Crippen molar-refractivity contribution in [2.75, 3.05) is 13.1 Å². The summed E-state index contributed by atoms with van der Waals surface area (Å²) in [5.41, 5.74) is 1.43. The van der Waals surface area contributed by atoms with Crippen molar-refractivity contribution in [2.24, 2.45) is 5.92 Å². The Kier molecular flexibility index (Phi) is 7.10. The van der Waals surface area contributed by atoms with E-state index in [1.165, 1.54) is 5.48 Å². The van der Waals surface area contributed by atoms with Crippen LogP contribution in [0.2, 0.25) is 0 Å². The van der Waals surface area contributed by atoms with E-state index < -0.39 is 17.9 Å². The maximum atomic E-state index is 12.1. The Bertz CT molecular complexity index is 380. The highest BCUT2D eigenvalue weighted by Gasteiger charge is 2.27. The molecule has 21 heavy (non-hydrogen) atoms. The van der Waals surface area contributed by atoms with Crippen LogP contribution in [0.25, 0.3) is 0 Å². The molecular formula is C13H24N4O4. The van der Waals surface area contributed by atoms with Gasteiger partial charge in [0, 0.05) is 0 Å². The Hall–Kier alpha value is -1.67. The smallest absolute Gasteiger partial charge is 0.262 e. The van der Waals surface area contributed by atoms with Crippen LogP contribution in [0.15, 0.2) is 0 Å². The van der Waals surface area contributed by atoms with Crippen LogP contribution in [0.1, 0.15) is 33.1 Å². The lowest BCUT2D eigenvalue weighted by atomic mass is 10.0. The van der Waals surface area contributed by atoms with Gasteiger partial charge < -0.3 is 16.0 Å². The van der Waals surface area contributed by atoms with Crippen molar-refractivity contribution in [3.63, 3.8) is 0 Å². The van der Waals surface area contributed by atoms with Crippen molar-refractivity contribution in [1.29, 1.82) is 0 Å². The van der Waals surface area contributed by atoms with Crippen LogP contribution in [0.4, 0.5) is 0 Å². The van der Waals surface area contributed by atoms with Gasteiger partial charge in [-0.1, -0.05) is 13.8 Å². The quantitative estimate of drug-likeness (QED) is 0.302. The van der Waals surface area contributed by atoms with Gasteiger partial charge in [0.15, 0.2) is 0 Å². The minimum Gasteiger partial charge on any atom is -0.345 e. The first kappa shape index (κ1) is 17.4. The third-order valence-corrected chi connectivity index (χ3v) is 3.26. The van der Waals surface area contributed by atoms with Crippen molar-refractivity contribution in [3.8, 4) is 0 Å². The Labute approximate surface area is 124 Å². The van der Waals surface area contributed by atoms with Crippen molar-refractivity contribution >= 4 is 17.7 Å².